The van der Waals surface area contributed by atoms with E-state index in [9.17, 15) is 4.79 Å². The Bertz CT molecular complexity index is 1240. The van der Waals surface area contributed by atoms with Crippen LogP contribution in [0.3, 0.4) is 0 Å². The van der Waals surface area contributed by atoms with E-state index >= 15 is 0 Å². The fourth-order valence-electron chi connectivity index (χ4n) is 3.03. The summed E-state index contributed by atoms with van der Waals surface area (Å²) >= 11 is 6.10. The maximum atomic E-state index is 12.5. The molecule has 4 aromatic rings. The lowest BCUT2D eigenvalue weighted by Crippen LogP contribution is -2.36. The number of oxazole rings is 1. The van der Waals surface area contributed by atoms with E-state index in [1.165, 1.54) is 6.26 Å². The van der Waals surface area contributed by atoms with Crippen LogP contribution in [0.4, 0.5) is 0 Å². The van der Waals surface area contributed by atoms with Crippen LogP contribution in [0.25, 0.3) is 11.3 Å². The van der Waals surface area contributed by atoms with Gasteiger partial charge in [-0.25, -0.2) is 9.97 Å². The van der Waals surface area contributed by atoms with Gasteiger partial charge in [-0.2, -0.15) is 10.4 Å². The summed E-state index contributed by atoms with van der Waals surface area (Å²) in [6.07, 6.45) is 8.26. The van der Waals surface area contributed by atoms with Crippen LogP contribution in [-0.4, -0.2) is 36.3 Å². The van der Waals surface area contributed by atoms with E-state index < -0.39 is 0 Å². The highest BCUT2D eigenvalue weighted by atomic mass is 35.5. The van der Waals surface area contributed by atoms with Crippen LogP contribution in [-0.2, 0) is 13.1 Å². The third kappa shape index (κ3) is 4.82. The molecule has 10 heteroatoms. The topological polar surface area (TPSA) is 115 Å². The lowest BCUT2D eigenvalue weighted by atomic mass is 10.1. The molecule has 0 spiro atoms. The van der Waals surface area contributed by atoms with Gasteiger partial charge in [0, 0.05) is 30.2 Å². The van der Waals surface area contributed by atoms with Crippen LogP contribution in [0.15, 0.2) is 59.9 Å². The summed E-state index contributed by atoms with van der Waals surface area (Å²) in [5, 5.41) is 16.8. The van der Waals surface area contributed by atoms with Gasteiger partial charge >= 0.3 is 0 Å². The maximum absolute atomic E-state index is 12.5. The molecule has 3 heterocycles. The van der Waals surface area contributed by atoms with Crippen molar-refractivity contribution in [2.24, 2.45) is 0 Å². The summed E-state index contributed by atoms with van der Waals surface area (Å²) in [7, 11) is 0. The van der Waals surface area contributed by atoms with E-state index in [0.717, 1.165) is 11.3 Å². The van der Waals surface area contributed by atoms with E-state index in [-0.39, 0.29) is 17.6 Å². The molecule has 4 rings (SSSR count). The van der Waals surface area contributed by atoms with E-state index in [2.05, 4.69) is 20.4 Å². The molecule has 0 radical (unpaired) electrons. The number of nitrogens with one attached hydrogen (secondary N) is 1. The zero-order valence-corrected chi connectivity index (χ0v) is 17.3. The zero-order valence-electron chi connectivity index (χ0n) is 16.6. The smallest absolute Gasteiger partial charge is 0.273 e. The second-order valence-electron chi connectivity index (χ2n) is 6.97. The molecule has 0 aliphatic carbocycles. The van der Waals surface area contributed by atoms with Gasteiger partial charge in [-0.15, -0.1) is 0 Å². The number of imidazole rings is 1. The number of rotatable bonds is 7. The largest absolute Gasteiger partial charge is 0.446 e. The van der Waals surface area contributed by atoms with Crippen LogP contribution in [0.5, 0.6) is 0 Å². The third-order valence-electron chi connectivity index (χ3n) is 4.53. The minimum absolute atomic E-state index is 0.196. The van der Waals surface area contributed by atoms with Gasteiger partial charge in [0.1, 0.15) is 18.9 Å². The minimum atomic E-state index is -0.320. The molecule has 3 aromatic heterocycles. The number of carbonyl (C=O) groups is 1. The summed E-state index contributed by atoms with van der Waals surface area (Å²) < 4.78 is 8.90. The molecule has 1 N–H and O–H groups in total. The predicted octanol–water partition coefficient (Wildman–Crippen LogP) is 3.13. The molecule has 31 heavy (non-hydrogen) atoms. The molecular formula is C21H18ClN7O2. The van der Waals surface area contributed by atoms with E-state index in [4.69, 9.17) is 21.3 Å². The van der Waals surface area contributed by atoms with Gasteiger partial charge in [0.2, 0.25) is 5.89 Å². The predicted molar refractivity (Wildman–Crippen MR) is 112 cm³/mol. The highest BCUT2D eigenvalue weighted by Crippen LogP contribution is 2.24. The van der Waals surface area contributed by atoms with Crippen molar-refractivity contribution in [1.82, 2.24) is 29.6 Å². The number of carbonyl (C=O) groups excluding carboxylic acids is 1. The third-order valence-corrected chi connectivity index (χ3v) is 4.84. The number of hydrogen-bond acceptors (Lipinski definition) is 6. The van der Waals surface area contributed by atoms with Crippen LogP contribution < -0.4 is 5.32 Å². The van der Waals surface area contributed by atoms with Crippen molar-refractivity contribution in [2.45, 2.75) is 26.1 Å². The number of amides is 1. The molecule has 1 aromatic carbocycles. The molecule has 156 valence electrons. The van der Waals surface area contributed by atoms with Gasteiger partial charge in [-0.3, -0.25) is 9.48 Å². The molecule has 9 nitrogen and oxygen atoms in total. The second kappa shape index (κ2) is 8.85. The molecule has 1 atom stereocenters. The molecule has 0 aliphatic heterocycles. The van der Waals surface area contributed by atoms with Crippen molar-refractivity contribution >= 4 is 17.5 Å². The average molecular weight is 436 g/mol. The molecule has 1 amide bonds. The highest BCUT2D eigenvalue weighted by Gasteiger charge is 2.16. The summed E-state index contributed by atoms with van der Waals surface area (Å²) in [6, 6.07) is 8.87. The second-order valence-corrected chi connectivity index (χ2v) is 7.37. The molecule has 0 saturated heterocycles. The minimum Gasteiger partial charge on any atom is -0.446 e. The van der Waals surface area contributed by atoms with Crippen LogP contribution >= 0.6 is 11.6 Å². The standard InChI is InChI=1S/C21H18ClN7O2/c1-14(25-21(30)19-12-31-20(26-19)11-28-7-5-24-13-28)10-29-6-4-18(27-29)15-2-3-16(9-23)17(22)8-15/h2-8,12-14H,10-11H2,1H3,(H,25,30). The van der Waals surface area contributed by atoms with Crippen molar-refractivity contribution < 1.29 is 9.21 Å². The first-order valence-corrected chi connectivity index (χ1v) is 9.84. The summed E-state index contributed by atoms with van der Waals surface area (Å²) in [6.45, 7) is 2.75. The van der Waals surface area contributed by atoms with Gasteiger partial charge in [0.05, 0.1) is 29.2 Å². The molecule has 0 bridgehead atoms. The number of nitriles is 1. The van der Waals surface area contributed by atoms with Crippen molar-refractivity contribution in [1.29, 1.82) is 5.26 Å². The molecule has 1 unspecified atom stereocenters. The first-order chi connectivity index (χ1) is 15.0. The molecule has 0 fully saturated rings. The monoisotopic (exact) mass is 435 g/mol. The fraction of sp³-hybridized carbons (Fsp3) is 0.190. The highest BCUT2D eigenvalue weighted by molar-refractivity contribution is 6.32. The number of nitrogens with zero attached hydrogens (tertiary/aromatic N) is 6. The van der Waals surface area contributed by atoms with Gasteiger partial charge in [0.15, 0.2) is 5.69 Å². The summed E-state index contributed by atoms with van der Waals surface area (Å²) in [5.74, 6) is 0.105. The lowest BCUT2D eigenvalue weighted by Gasteiger charge is -2.12. The van der Waals surface area contributed by atoms with E-state index in [1.807, 2.05) is 25.3 Å². The molecule has 0 aliphatic rings. The van der Waals surface area contributed by atoms with Crippen molar-refractivity contribution in [2.75, 3.05) is 0 Å². The summed E-state index contributed by atoms with van der Waals surface area (Å²) in [5.41, 5.74) is 2.18. The van der Waals surface area contributed by atoms with Crippen LogP contribution in [0.1, 0.15) is 28.9 Å². The van der Waals surface area contributed by atoms with Crippen molar-refractivity contribution in [3.05, 3.63) is 77.6 Å². The normalized spacial score (nSPS) is 11.8. The van der Waals surface area contributed by atoms with Crippen molar-refractivity contribution in [3.63, 3.8) is 0 Å². The Balaban J connectivity index is 1.35. The Labute approximate surface area is 182 Å². The summed E-state index contributed by atoms with van der Waals surface area (Å²) in [4.78, 5) is 20.6. The quantitative estimate of drug-likeness (QED) is 0.477. The maximum Gasteiger partial charge on any atom is 0.273 e. The van der Waals surface area contributed by atoms with Gasteiger partial charge < -0.3 is 14.3 Å². The first-order valence-electron chi connectivity index (χ1n) is 9.46. The SMILES string of the molecule is CC(Cn1ccc(-c2ccc(C#N)c(Cl)c2)n1)NC(=O)c1coc(Cn2ccnc2)n1. The Morgan fingerprint density at radius 1 is 1.35 bits per heavy atom. The Morgan fingerprint density at radius 2 is 2.23 bits per heavy atom. The number of benzene rings is 1. The Hall–Kier alpha value is -3.90. The number of halogens is 1. The van der Waals surface area contributed by atoms with Crippen molar-refractivity contribution in [3.8, 4) is 17.3 Å². The van der Waals surface area contributed by atoms with E-state index in [1.54, 1.807) is 46.2 Å². The van der Waals surface area contributed by atoms with Gasteiger partial charge in [-0.1, -0.05) is 17.7 Å². The van der Waals surface area contributed by atoms with Gasteiger partial charge in [0.25, 0.3) is 5.91 Å². The van der Waals surface area contributed by atoms with Crippen LogP contribution in [0, 0.1) is 11.3 Å². The number of aromatic nitrogens is 5. The zero-order chi connectivity index (χ0) is 21.8. The van der Waals surface area contributed by atoms with E-state index in [0.29, 0.717) is 29.6 Å². The van der Waals surface area contributed by atoms with Crippen LogP contribution in [0.2, 0.25) is 5.02 Å². The Morgan fingerprint density at radius 3 is 2.97 bits per heavy atom. The first kappa shape index (κ1) is 20.4. The molecule has 0 saturated carbocycles. The van der Waals surface area contributed by atoms with Gasteiger partial charge in [-0.05, 0) is 25.1 Å². The molecular weight excluding hydrogens is 418 g/mol. The Kier molecular flexibility index (Phi) is 5.82. The average Bonchev–Trinajstić information content (AvgIpc) is 3.50. The number of hydrogen-bond donors (Lipinski definition) is 1. The fourth-order valence-corrected chi connectivity index (χ4v) is 3.25. The lowest BCUT2D eigenvalue weighted by molar-refractivity contribution is 0.0931.